The lowest BCUT2D eigenvalue weighted by Gasteiger charge is -2.21. The summed E-state index contributed by atoms with van der Waals surface area (Å²) in [5, 5.41) is 2.65. The van der Waals surface area contributed by atoms with Crippen LogP contribution in [0.5, 0.6) is 0 Å². The first kappa shape index (κ1) is 10.5. The molecule has 2 amide bonds. The van der Waals surface area contributed by atoms with Crippen LogP contribution in [0.3, 0.4) is 0 Å². The third-order valence-corrected chi connectivity index (χ3v) is 2.37. The van der Waals surface area contributed by atoms with E-state index in [1.54, 1.807) is 11.1 Å². The molecule has 16 heavy (non-hydrogen) atoms. The van der Waals surface area contributed by atoms with Crippen LogP contribution >= 0.6 is 0 Å². The van der Waals surface area contributed by atoms with Gasteiger partial charge in [-0.3, -0.25) is 0 Å². The van der Waals surface area contributed by atoms with Crippen molar-refractivity contribution >= 4 is 12.1 Å². The molecule has 3 nitrogen and oxygen atoms in total. The van der Waals surface area contributed by atoms with Gasteiger partial charge in [0, 0.05) is 19.3 Å². The molecule has 0 aromatic heterocycles. The topological polar surface area (TPSA) is 32.3 Å². The zero-order chi connectivity index (χ0) is 11.2. The highest BCUT2D eigenvalue weighted by Gasteiger charge is 2.11. The van der Waals surface area contributed by atoms with E-state index in [4.69, 9.17) is 0 Å². The molecule has 3 heteroatoms. The molecule has 0 radical (unpaired) electrons. The van der Waals surface area contributed by atoms with Gasteiger partial charge in [-0.1, -0.05) is 42.5 Å². The Kier molecular flexibility index (Phi) is 3.38. The average Bonchev–Trinajstić information content (AvgIpc) is 2.33. The second-order valence-corrected chi connectivity index (χ2v) is 3.57. The van der Waals surface area contributed by atoms with Crippen LogP contribution in [0.25, 0.3) is 6.08 Å². The maximum Gasteiger partial charge on any atom is 0.321 e. The standard InChI is InChI=1S/C13H14N2O/c16-13-14-9-5-11-15(13)10-4-8-12-6-2-1-3-7-12/h1-9H,10-11H2,(H,14,16). The van der Waals surface area contributed by atoms with Gasteiger partial charge in [-0.15, -0.1) is 0 Å². The number of urea groups is 1. The Morgan fingerprint density at radius 3 is 2.88 bits per heavy atom. The lowest BCUT2D eigenvalue weighted by atomic mass is 10.2. The molecule has 0 spiro atoms. The minimum atomic E-state index is -0.0415. The van der Waals surface area contributed by atoms with Gasteiger partial charge < -0.3 is 10.2 Å². The van der Waals surface area contributed by atoms with Gasteiger partial charge >= 0.3 is 6.03 Å². The summed E-state index contributed by atoms with van der Waals surface area (Å²) in [6.07, 6.45) is 7.62. The first-order valence-corrected chi connectivity index (χ1v) is 5.28. The zero-order valence-electron chi connectivity index (χ0n) is 8.97. The smallest absolute Gasteiger partial charge is 0.317 e. The van der Waals surface area contributed by atoms with Crippen LogP contribution in [0.2, 0.25) is 0 Å². The zero-order valence-corrected chi connectivity index (χ0v) is 8.97. The molecule has 0 saturated heterocycles. The molecule has 0 aliphatic carbocycles. The quantitative estimate of drug-likeness (QED) is 0.822. The third kappa shape index (κ3) is 2.73. The Hall–Kier alpha value is -2.03. The first-order valence-electron chi connectivity index (χ1n) is 5.28. The molecule has 1 aliphatic heterocycles. The van der Waals surface area contributed by atoms with Crippen molar-refractivity contribution in [3.05, 3.63) is 54.2 Å². The van der Waals surface area contributed by atoms with Gasteiger partial charge in [-0.05, 0) is 11.6 Å². The second-order valence-electron chi connectivity index (χ2n) is 3.57. The van der Waals surface area contributed by atoms with E-state index in [0.29, 0.717) is 13.1 Å². The summed E-state index contributed by atoms with van der Waals surface area (Å²) in [6.45, 7) is 1.30. The molecule has 1 heterocycles. The fourth-order valence-corrected chi connectivity index (χ4v) is 1.52. The predicted octanol–water partition coefficient (Wildman–Crippen LogP) is 2.24. The predicted molar refractivity (Wildman–Crippen MR) is 64.7 cm³/mol. The summed E-state index contributed by atoms with van der Waals surface area (Å²) in [6, 6.07) is 10.0. The normalized spacial score (nSPS) is 15.5. The van der Waals surface area contributed by atoms with E-state index in [1.807, 2.05) is 48.6 Å². The number of nitrogens with one attached hydrogen (secondary N) is 1. The van der Waals surface area contributed by atoms with Crippen molar-refractivity contribution in [1.82, 2.24) is 10.2 Å². The van der Waals surface area contributed by atoms with Crippen LogP contribution < -0.4 is 5.32 Å². The fraction of sp³-hybridized carbons (Fsp3) is 0.154. The summed E-state index contributed by atoms with van der Waals surface area (Å²) < 4.78 is 0. The van der Waals surface area contributed by atoms with E-state index in [-0.39, 0.29) is 6.03 Å². The van der Waals surface area contributed by atoms with Crippen molar-refractivity contribution in [1.29, 1.82) is 0 Å². The minimum Gasteiger partial charge on any atom is -0.317 e. The molecule has 0 fully saturated rings. The lowest BCUT2D eigenvalue weighted by molar-refractivity contribution is 0.209. The Morgan fingerprint density at radius 1 is 1.31 bits per heavy atom. The van der Waals surface area contributed by atoms with E-state index in [1.165, 1.54) is 0 Å². The minimum absolute atomic E-state index is 0.0415. The van der Waals surface area contributed by atoms with Gasteiger partial charge in [-0.2, -0.15) is 0 Å². The number of benzene rings is 1. The fourth-order valence-electron chi connectivity index (χ4n) is 1.52. The lowest BCUT2D eigenvalue weighted by Crippen LogP contribution is -2.40. The van der Waals surface area contributed by atoms with Crippen molar-refractivity contribution < 1.29 is 4.79 Å². The number of rotatable bonds is 3. The van der Waals surface area contributed by atoms with Crippen molar-refractivity contribution in [2.45, 2.75) is 0 Å². The SMILES string of the molecule is O=C1NC=CCN1CC=Cc1ccccc1. The Labute approximate surface area is 95.1 Å². The van der Waals surface area contributed by atoms with E-state index in [0.717, 1.165) is 5.56 Å². The van der Waals surface area contributed by atoms with Crippen molar-refractivity contribution in [2.24, 2.45) is 0 Å². The molecule has 0 unspecified atom stereocenters. The maximum atomic E-state index is 11.4. The number of hydrogen-bond donors (Lipinski definition) is 1. The molecule has 1 aromatic rings. The largest absolute Gasteiger partial charge is 0.321 e. The third-order valence-electron chi connectivity index (χ3n) is 2.37. The van der Waals surface area contributed by atoms with E-state index < -0.39 is 0 Å². The second kappa shape index (κ2) is 5.16. The highest BCUT2D eigenvalue weighted by atomic mass is 16.2. The van der Waals surface area contributed by atoms with Crippen molar-refractivity contribution in [3.8, 4) is 0 Å². The molecule has 0 atom stereocenters. The number of hydrogen-bond acceptors (Lipinski definition) is 1. The highest BCUT2D eigenvalue weighted by molar-refractivity contribution is 5.76. The molecule has 2 rings (SSSR count). The molecule has 82 valence electrons. The van der Waals surface area contributed by atoms with Crippen LogP contribution in [0.4, 0.5) is 4.79 Å². The van der Waals surface area contributed by atoms with Crippen LogP contribution in [-0.2, 0) is 0 Å². The maximum absolute atomic E-state index is 11.4. The molecule has 0 saturated carbocycles. The number of amides is 2. The first-order chi connectivity index (χ1) is 7.86. The Bertz CT molecular complexity index is 409. The molecule has 1 aliphatic rings. The molecule has 1 N–H and O–H groups in total. The monoisotopic (exact) mass is 214 g/mol. The number of nitrogens with zero attached hydrogens (tertiary/aromatic N) is 1. The Morgan fingerprint density at radius 2 is 2.12 bits per heavy atom. The Balaban J connectivity index is 1.90. The summed E-state index contributed by atoms with van der Waals surface area (Å²) >= 11 is 0. The van der Waals surface area contributed by atoms with E-state index in [2.05, 4.69) is 5.32 Å². The molecule has 1 aromatic carbocycles. The summed E-state index contributed by atoms with van der Waals surface area (Å²) in [5.74, 6) is 0. The van der Waals surface area contributed by atoms with Crippen LogP contribution in [0.15, 0.2) is 48.7 Å². The summed E-state index contributed by atoms with van der Waals surface area (Å²) in [7, 11) is 0. The van der Waals surface area contributed by atoms with Gasteiger partial charge in [0.05, 0.1) is 0 Å². The van der Waals surface area contributed by atoms with Gasteiger partial charge in [0.25, 0.3) is 0 Å². The van der Waals surface area contributed by atoms with Gasteiger partial charge in [0.2, 0.25) is 0 Å². The molecular weight excluding hydrogens is 200 g/mol. The van der Waals surface area contributed by atoms with Gasteiger partial charge in [0.1, 0.15) is 0 Å². The van der Waals surface area contributed by atoms with Crippen LogP contribution in [-0.4, -0.2) is 24.0 Å². The highest BCUT2D eigenvalue weighted by Crippen LogP contribution is 2.02. The van der Waals surface area contributed by atoms with Crippen molar-refractivity contribution in [2.75, 3.05) is 13.1 Å². The van der Waals surface area contributed by atoms with Crippen molar-refractivity contribution in [3.63, 3.8) is 0 Å². The van der Waals surface area contributed by atoms with Gasteiger partial charge in [-0.25, -0.2) is 4.79 Å². The van der Waals surface area contributed by atoms with Crippen LogP contribution in [0.1, 0.15) is 5.56 Å². The molecular formula is C13H14N2O. The summed E-state index contributed by atoms with van der Waals surface area (Å²) in [4.78, 5) is 13.1. The summed E-state index contributed by atoms with van der Waals surface area (Å²) in [5.41, 5.74) is 1.15. The van der Waals surface area contributed by atoms with E-state index >= 15 is 0 Å². The average molecular weight is 214 g/mol. The van der Waals surface area contributed by atoms with Gasteiger partial charge in [0.15, 0.2) is 0 Å². The number of carbonyl (C=O) groups is 1. The molecule has 0 bridgehead atoms. The number of carbonyl (C=O) groups excluding carboxylic acids is 1. The van der Waals surface area contributed by atoms with E-state index in [9.17, 15) is 4.79 Å². The van der Waals surface area contributed by atoms with Crippen LogP contribution in [0, 0.1) is 0 Å².